The maximum Gasteiger partial charge on any atom is 0.0853 e. The molecule has 0 aromatic carbocycles. The van der Waals surface area contributed by atoms with Crippen molar-refractivity contribution in [3.05, 3.63) is 0 Å². The Balaban J connectivity index is 1.48. The maximum absolute atomic E-state index is 6.47. The number of nitrogens with zero attached hydrogens (tertiary/aromatic N) is 1. The van der Waals surface area contributed by atoms with Gasteiger partial charge in [0, 0.05) is 19.1 Å². The number of fused-ring (bicyclic) bond motifs is 2. The van der Waals surface area contributed by atoms with Crippen LogP contribution in [0.15, 0.2) is 0 Å². The Hall–Kier alpha value is -0.120. The van der Waals surface area contributed by atoms with Gasteiger partial charge in [0.1, 0.15) is 0 Å². The highest BCUT2D eigenvalue weighted by Gasteiger charge is 2.41. The topological polar surface area (TPSA) is 38.5 Å². The van der Waals surface area contributed by atoms with E-state index in [-0.39, 0.29) is 12.1 Å². The zero-order valence-electron chi connectivity index (χ0n) is 12.4. The van der Waals surface area contributed by atoms with E-state index < -0.39 is 0 Å². The van der Waals surface area contributed by atoms with E-state index in [0.29, 0.717) is 0 Å². The van der Waals surface area contributed by atoms with Crippen LogP contribution in [0.4, 0.5) is 0 Å². The number of hydrogen-bond donors (Lipinski definition) is 1. The highest BCUT2D eigenvalue weighted by atomic mass is 16.5. The first kappa shape index (κ1) is 13.8. The molecule has 1 saturated heterocycles. The quantitative estimate of drug-likeness (QED) is 0.829. The smallest absolute Gasteiger partial charge is 0.0853 e. The Kier molecular flexibility index (Phi) is 4.45. The molecule has 1 aliphatic heterocycles. The molecule has 0 aromatic heterocycles. The SMILES string of the molecule is CCCN1CCOC(C(N)CC2CC3CCC2C3)C1. The van der Waals surface area contributed by atoms with Crippen LogP contribution >= 0.6 is 0 Å². The van der Waals surface area contributed by atoms with Crippen molar-refractivity contribution >= 4 is 0 Å². The summed E-state index contributed by atoms with van der Waals surface area (Å²) < 4.78 is 5.94. The number of morpholine rings is 1. The van der Waals surface area contributed by atoms with Crippen molar-refractivity contribution in [3.8, 4) is 0 Å². The average molecular weight is 266 g/mol. The minimum absolute atomic E-state index is 0.254. The van der Waals surface area contributed by atoms with Gasteiger partial charge in [-0.25, -0.2) is 0 Å². The molecule has 3 nitrogen and oxygen atoms in total. The summed E-state index contributed by atoms with van der Waals surface area (Å²) in [5.41, 5.74) is 6.47. The van der Waals surface area contributed by atoms with Gasteiger partial charge in [-0.3, -0.25) is 4.90 Å². The molecule has 2 bridgehead atoms. The first-order valence-electron chi connectivity index (χ1n) is 8.35. The summed E-state index contributed by atoms with van der Waals surface area (Å²) in [7, 11) is 0. The van der Waals surface area contributed by atoms with Crippen LogP contribution in [0, 0.1) is 17.8 Å². The zero-order chi connectivity index (χ0) is 13.2. The predicted octanol–water partition coefficient (Wildman–Crippen LogP) is 2.25. The van der Waals surface area contributed by atoms with E-state index in [4.69, 9.17) is 10.5 Å². The largest absolute Gasteiger partial charge is 0.374 e. The van der Waals surface area contributed by atoms with Gasteiger partial charge < -0.3 is 10.5 Å². The molecule has 3 rings (SSSR count). The highest BCUT2D eigenvalue weighted by molar-refractivity contribution is 4.93. The van der Waals surface area contributed by atoms with E-state index in [0.717, 1.165) is 37.5 Å². The summed E-state index contributed by atoms with van der Waals surface area (Å²) in [6.07, 6.45) is 8.60. The van der Waals surface area contributed by atoms with Crippen LogP contribution in [0.3, 0.4) is 0 Å². The maximum atomic E-state index is 6.47. The summed E-state index contributed by atoms with van der Waals surface area (Å²) >= 11 is 0. The molecule has 1 heterocycles. The molecule has 3 heteroatoms. The van der Waals surface area contributed by atoms with Crippen molar-refractivity contribution in [2.45, 2.75) is 57.6 Å². The molecule has 3 fully saturated rings. The third-order valence-electron chi connectivity index (χ3n) is 5.65. The van der Waals surface area contributed by atoms with E-state index in [1.165, 1.54) is 45.1 Å². The number of rotatable bonds is 5. The minimum Gasteiger partial charge on any atom is -0.374 e. The highest BCUT2D eigenvalue weighted by Crippen LogP contribution is 2.49. The molecule has 2 saturated carbocycles. The lowest BCUT2D eigenvalue weighted by Gasteiger charge is -2.37. The summed E-state index contributed by atoms with van der Waals surface area (Å²) in [6, 6.07) is 0.254. The van der Waals surface area contributed by atoms with Gasteiger partial charge in [-0.15, -0.1) is 0 Å². The third kappa shape index (κ3) is 3.14. The molecule has 0 aromatic rings. The molecule has 0 spiro atoms. The van der Waals surface area contributed by atoms with Crippen LogP contribution in [0.5, 0.6) is 0 Å². The molecule has 2 aliphatic carbocycles. The number of ether oxygens (including phenoxy) is 1. The van der Waals surface area contributed by atoms with Crippen LogP contribution in [0.2, 0.25) is 0 Å². The molecule has 0 radical (unpaired) electrons. The second-order valence-corrected chi connectivity index (χ2v) is 7.04. The molecule has 2 N–H and O–H groups in total. The van der Waals surface area contributed by atoms with E-state index in [1.807, 2.05) is 0 Å². The average Bonchev–Trinajstić information content (AvgIpc) is 3.02. The van der Waals surface area contributed by atoms with Crippen LogP contribution in [-0.4, -0.2) is 43.3 Å². The van der Waals surface area contributed by atoms with E-state index in [1.54, 1.807) is 0 Å². The van der Waals surface area contributed by atoms with Crippen molar-refractivity contribution < 1.29 is 4.74 Å². The summed E-state index contributed by atoms with van der Waals surface area (Å²) in [5, 5.41) is 0. The van der Waals surface area contributed by atoms with Gasteiger partial charge in [-0.1, -0.05) is 13.3 Å². The lowest BCUT2D eigenvalue weighted by atomic mass is 9.83. The summed E-state index contributed by atoms with van der Waals surface area (Å²) in [5.74, 6) is 2.93. The van der Waals surface area contributed by atoms with E-state index >= 15 is 0 Å². The Morgan fingerprint density at radius 3 is 2.89 bits per heavy atom. The summed E-state index contributed by atoms with van der Waals surface area (Å²) in [6.45, 7) is 6.45. The van der Waals surface area contributed by atoms with Gasteiger partial charge in [-0.2, -0.15) is 0 Å². The molecule has 19 heavy (non-hydrogen) atoms. The third-order valence-corrected chi connectivity index (χ3v) is 5.65. The van der Waals surface area contributed by atoms with Crippen LogP contribution in [0.1, 0.15) is 45.4 Å². The fraction of sp³-hybridized carbons (Fsp3) is 1.00. The Morgan fingerprint density at radius 1 is 1.32 bits per heavy atom. The Bertz CT molecular complexity index is 294. The standard InChI is InChI=1S/C16H30N2O/c1-2-5-18-6-7-19-16(11-18)15(17)10-14-9-12-3-4-13(14)8-12/h12-16H,2-11,17H2,1H3. The lowest BCUT2D eigenvalue weighted by molar-refractivity contribution is -0.0444. The van der Waals surface area contributed by atoms with Crippen molar-refractivity contribution in [1.29, 1.82) is 0 Å². The molecule has 0 amide bonds. The Morgan fingerprint density at radius 2 is 2.21 bits per heavy atom. The van der Waals surface area contributed by atoms with Crippen LogP contribution in [-0.2, 0) is 4.74 Å². The predicted molar refractivity (Wildman–Crippen MR) is 78.0 cm³/mol. The van der Waals surface area contributed by atoms with Crippen LogP contribution < -0.4 is 5.73 Å². The molecule has 3 aliphatic rings. The fourth-order valence-corrected chi connectivity index (χ4v) is 4.68. The second-order valence-electron chi connectivity index (χ2n) is 7.04. The van der Waals surface area contributed by atoms with E-state index in [2.05, 4.69) is 11.8 Å². The zero-order valence-corrected chi connectivity index (χ0v) is 12.4. The number of nitrogens with two attached hydrogens (primary N) is 1. The molecular formula is C16H30N2O. The Labute approximate surface area is 117 Å². The minimum atomic E-state index is 0.254. The first-order valence-corrected chi connectivity index (χ1v) is 8.35. The van der Waals surface area contributed by atoms with Crippen molar-refractivity contribution in [3.63, 3.8) is 0 Å². The molecule has 110 valence electrons. The van der Waals surface area contributed by atoms with Crippen LogP contribution in [0.25, 0.3) is 0 Å². The van der Waals surface area contributed by atoms with Crippen molar-refractivity contribution in [2.24, 2.45) is 23.5 Å². The second kappa shape index (κ2) is 6.11. The molecule has 5 unspecified atom stereocenters. The van der Waals surface area contributed by atoms with E-state index in [9.17, 15) is 0 Å². The monoisotopic (exact) mass is 266 g/mol. The fourth-order valence-electron chi connectivity index (χ4n) is 4.68. The molecular weight excluding hydrogens is 236 g/mol. The first-order chi connectivity index (χ1) is 9.26. The van der Waals surface area contributed by atoms with Crippen molar-refractivity contribution in [1.82, 2.24) is 4.90 Å². The van der Waals surface area contributed by atoms with Gasteiger partial charge in [0.2, 0.25) is 0 Å². The van der Waals surface area contributed by atoms with Gasteiger partial charge in [0.05, 0.1) is 12.7 Å². The number of hydrogen-bond acceptors (Lipinski definition) is 3. The van der Waals surface area contributed by atoms with Gasteiger partial charge in [0.25, 0.3) is 0 Å². The normalized spacial score (nSPS) is 40.7. The van der Waals surface area contributed by atoms with Gasteiger partial charge in [-0.05, 0) is 56.4 Å². The van der Waals surface area contributed by atoms with Gasteiger partial charge >= 0.3 is 0 Å². The van der Waals surface area contributed by atoms with Gasteiger partial charge in [0.15, 0.2) is 0 Å². The van der Waals surface area contributed by atoms with Crippen molar-refractivity contribution in [2.75, 3.05) is 26.2 Å². The lowest BCUT2D eigenvalue weighted by Crippen LogP contribution is -2.51. The molecule has 5 atom stereocenters. The summed E-state index contributed by atoms with van der Waals surface area (Å²) in [4.78, 5) is 2.52.